The molecule has 0 saturated carbocycles. The molecule has 3 rings (SSSR count). The molecule has 1 aliphatic rings. The van der Waals surface area contributed by atoms with E-state index in [-0.39, 0.29) is 23.3 Å². The predicted molar refractivity (Wildman–Crippen MR) is 94.0 cm³/mol. The van der Waals surface area contributed by atoms with Gasteiger partial charge in [0.25, 0.3) is 5.56 Å². The Labute approximate surface area is 140 Å². The summed E-state index contributed by atoms with van der Waals surface area (Å²) in [6.45, 7) is 3.63. The predicted octanol–water partition coefficient (Wildman–Crippen LogP) is 2.62. The molecule has 128 valence electrons. The van der Waals surface area contributed by atoms with Crippen molar-refractivity contribution in [1.29, 1.82) is 0 Å². The lowest BCUT2D eigenvalue weighted by Crippen LogP contribution is -2.36. The van der Waals surface area contributed by atoms with Crippen molar-refractivity contribution in [3.63, 3.8) is 0 Å². The first-order chi connectivity index (χ1) is 11.5. The number of anilines is 1. The van der Waals surface area contributed by atoms with Gasteiger partial charge < -0.3 is 10.1 Å². The maximum absolute atomic E-state index is 12.2. The Kier molecular flexibility index (Phi) is 4.46. The van der Waals surface area contributed by atoms with E-state index < -0.39 is 0 Å². The minimum atomic E-state index is -0.387. The number of rotatable bonds is 4. The summed E-state index contributed by atoms with van der Waals surface area (Å²) in [7, 11) is 1.68. The number of ether oxygens (including phenoxy) is 1. The van der Waals surface area contributed by atoms with Gasteiger partial charge in [-0.15, -0.1) is 0 Å². The van der Waals surface area contributed by atoms with Crippen molar-refractivity contribution in [3.8, 4) is 5.75 Å². The molecule has 1 aromatic heterocycles. The number of methoxy groups -OCH3 is 1. The third-order valence-electron chi connectivity index (χ3n) is 4.50. The Bertz CT molecular complexity index is 820. The molecule has 2 N–H and O–H groups in total. The molecule has 0 amide bonds. The van der Waals surface area contributed by atoms with Crippen LogP contribution in [0.25, 0.3) is 0 Å². The molecule has 1 aromatic carbocycles. The van der Waals surface area contributed by atoms with E-state index in [0.717, 1.165) is 30.6 Å². The first-order valence-electron chi connectivity index (χ1n) is 8.29. The van der Waals surface area contributed by atoms with Crippen LogP contribution >= 0.6 is 0 Å². The van der Waals surface area contributed by atoms with E-state index in [1.54, 1.807) is 7.11 Å². The zero-order chi connectivity index (χ0) is 17.3. The highest BCUT2D eigenvalue weighted by Crippen LogP contribution is 2.36. The number of fused-ring (bicyclic) bond motifs is 1. The molecule has 1 heterocycles. The third-order valence-corrected chi connectivity index (χ3v) is 4.50. The highest BCUT2D eigenvalue weighted by molar-refractivity contribution is 5.47. The van der Waals surface area contributed by atoms with Gasteiger partial charge in [0.05, 0.1) is 13.2 Å². The van der Waals surface area contributed by atoms with Crippen molar-refractivity contribution in [1.82, 2.24) is 9.55 Å². The summed E-state index contributed by atoms with van der Waals surface area (Å²) in [6.07, 6.45) is 2.94. The van der Waals surface area contributed by atoms with Gasteiger partial charge in [0.1, 0.15) is 11.6 Å². The largest absolute Gasteiger partial charge is 0.496 e. The van der Waals surface area contributed by atoms with E-state index in [9.17, 15) is 9.59 Å². The molecule has 0 radical (unpaired) electrons. The Morgan fingerprint density at radius 2 is 2.12 bits per heavy atom. The monoisotopic (exact) mass is 329 g/mol. The maximum Gasteiger partial charge on any atom is 0.330 e. The van der Waals surface area contributed by atoms with Crippen LogP contribution in [0.2, 0.25) is 0 Å². The zero-order valence-electron chi connectivity index (χ0n) is 14.3. The summed E-state index contributed by atoms with van der Waals surface area (Å²) in [5, 5.41) is 3.31. The van der Waals surface area contributed by atoms with Gasteiger partial charge in [0, 0.05) is 12.1 Å². The fourth-order valence-corrected chi connectivity index (χ4v) is 3.42. The van der Waals surface area contributed by atoms with E-state index >= 15 is 0 Å². The second kappa shape index (κ2) is 6.55. The first kappa shape index (κ1) is 16.4. The minimum absolute atomic E-state index is 0.0498. The van der Waals surface area contributed by atoms with Crippen LogP contribution < -0.4 is 21.3 Å². The lowest BCUT2D eigenvalue weighted by atomic mass is 9.87. The van der Waals surface area contributed by atoms with Gasteiger partial charge in [0.15, 0.2) is 0 Å². The number of hydrogen-bond acceptors (Lipinski definition) is 4. The lowest BCUT2D eigenvalue weighted by Gasteiger charge is -2.28. The number of nitrogens with zero attached hydrogens (tertiary/aromatic N) is 1. The van der Waals surface area contributed by atoms with Crippen LogP contribution in [0.5, 0.6) is 5.75 Å². The fourth-order valence-electron chi connectivity index (χ4n) is 3.42. The van der Waals surface area contributed by atoms with Crippen molar-refractivity contribution < 1.29 is 4.74 Å². The molecule has 0 fully saturated rings. The van der Waals surface area contributed by atoms with Crippen molar-refractivity contribution in [2.24, 2.45) is 0 Å². The average Bonchev–Trinajstić information content (AvgIpc) is 2.53. The maximum atomic E-state index is 12.2. The summed E-state index contributed by atoms with van der Waals surface area (Å²) in [6, 6.07) is 7.34. The Morgan fingerprint density at radius 3 is 2.79 bits per heavy atom. The molecule has 0 saturated heterocycles. The summed E-state index contributed by atoms with van der Waals surface area (Å²) >= 11 is 0. The molecule has 0 bridgehead atoms. The topological polar surface area (TPSA) is 76.1 Å². The van der Waals surface area contributed by atoms with Gasteiger partial charge in [-0.2, -0.15) is 0 Å². The molecular formula is C18H23N3O3. The normalized spacial score (nSPS) is 16.8. The van der Waals surface area contributed by atoms with E-state index in [2.05, 4.69) is 16.4 Å². The quantitative estimate of drug-likeness (QED) is 0.904. The molecule has 1 aliphatic carbocycles. The fraction of sp³-hybridized carbons (Fsp3) is 0.444. The highest BCUT2D eigenvalue weighted by atomic mass is 16.5. The lowest BCUT2D eigenvalue weighted by molar-refractivity contribution is 0.404. The highest BCUT2D eigenvalue weighted by Gasteiger charge is 2.23. The average molecular weight is 329 g/mol. The number of aromatic amines is 1. The molecule has 6 nitrogen and oxygen atoms in total. The number of H-pyrrole nitrogens is 1. The van der Waals surface area contributed by atoms with Crippen LogP contribution in [0.3, 0.4) is 0 Å². The van der Waals surface area contributed by atoms with Crippen LogP contribution in [0, 0.1) is 0 Å². The van der Waals surface area contributed by atoms with Crippen LogP contribution in [-0.4, -0.2) is 16.7 Å². The van der Waals surface area contributed by atoms with Gasteiger partial charge >= 0.3 is 5.69 Å². The van der Waals surface area contributed by atoms with Gasteiger partial charge in [-0.1, -0.05) is 12.1 Å². The van der Waals surface area contributed by atoms with Crippen molar-refractivity contribution in [3.05, 3.63) is 56.2 Å². The summed E-state index contributed by atoms with van der Waals surface area (Å²) in [5.74, 6) is 1.35. The molecule has 0 unspecified atom stereocenters. The van der Waals surface area contributed by atoms with Crippen LogP contribution in [-0.2, 0) is 6.42 Å². The number of nitrogens with one attached hydrogen (secondary N) is 2. The smallest absolute Gasteiger partial charge is 0.330 e. The first-order valence-corrected chi connectivity index (χ1v) is 8.29. The Morgan fingerprint density at radius 1 is 1.33 bits per heavy atom. The number of aromatic nitrogens is 2. The van der Waals surface area contributed by atoms with E-state index in [1.165, 1.54) is 16.2 Å². The molecule has 1 atom stereocenters. The molecular weight excluding hydrogens is 306 g/mol. The van der Waals surface area contributed by atoms with Gasteiger partial charge in [0.2, 0.25) is 0 Å². The van der Waals surface area contributed by atoms with Crippen LogP contribution in [0.15, 0.2) is 33.9 Å². The standard InChI is InChI=1S/C18H23N3O3/c1-11(2)21-17(22)10-16(20-18(21)23)19-14-8-4-7-13-12(14)6-5-9-15(13)24-3/h5-6,9-11,14,19H,4,7-8H2,1-3H3,(H,20,23)/t14-/m0/s1. The van der Waals surface area contributed by atoms with Gasteiger partial charge in [-0.05, 0) is 50.3 Å². The Balaban J connectivity index is 1.94. The zero-order valence-corrected chi connectivity index (χ0v) is 14.3. The van der Waals surface area contributed by atoms with E-state index in [0.29, 0.717) is 5.82 Å². The summed E-state index contributed by atoms with van der Waals surface area (Å²) in [4.78, 5) is 27.1. The van der Waals surface area contributed by atoms with Crippen molar-refractivity contribution >= 4 is 5.82 Å². The number of hydrogen-bond donors (Lipinski definition) is 2. The van der Waals surface area contributed by atoms with Crippen LogP contribution in [0.4, 0.5) is 5.82 Å². The molecule has 0 spiro atoms. The molecule has 6 heteroatoms. The van der Waals surface area contributed by atoms with Crippen molar-refractivity contribution in [2.45, 2.75) is 45.2 Å². The molecule has 0 aliphatic heterocycles. The SMILES string of the molecule is COc1cccc2c1CCC[C@@H]2Nc1cc(=O)n(C(C)C)c(=O)[nH]1. The second-order valence-corrected chi connectivity index (χ2v) is 6.41. The van der Waals surface area contributed by atoms with E-state index in [4.69, 9.17) is 4.74 Å². The second-order valence-electron chi connectivity index (χ2n) is 6.41. The molecule has 24 heavy (non-hydrogen) atoms. The van der Waals surface area contributed by atoms with Gasteiger partial charge in [-0.3, -0.25) is 14.3 Å². The third kappa shape index (κ3) is 2.96. The number of benzene rings is 1. The minimum Gasteiger partial charge on any atom is -0.496 e. The molecule has 2 aromatic rings. The summed E-state index contributed by atoms with van der Waals surface area (Å²) in [5.41, 5.74) is 1.68. The summed E-state index contributed by atoms with van der Waals surface area (Å²) < 4.78 is 6.66. The van der Waals surface area contributed by atoms with Crippen molar-refractivity contribution in [2.75, 3.05) is 12.4 Å². The van der Waals surface area contributed by atoms with Crippen LogP contribution in [0.1, 0.15) is 49.9 Å². The Hall–Kier alpha value is -2.50. The van der Waals surface area contributed by atoms with E-state index in [1.807, 2.05) is 26.0 Å². The van der Waals surface area contributed by atoms with Gasteiger partial charge in [-0.25, -0.2) is 4.79 Å².